The molecule has 0 bridgehead atoms. The zero-order valence-corrected chi connectivity index (χ0v) is 28.3. The Labute approximate surface area is 283 Å². The van der Waals surface area contributed by atoms with Gasteiger partial charge in [-0.1, -0.05) is 30.3 Å². The molecular formula is C36H53N7O5. The number of unbranched alkanes of at least 4 members (excludes halogenated alkanes) is 1. The van der Waals surface area contributed by atoms with Crippen LogP contribution in [-0.4, -0.2) is 72.7 Å². The average molecular weight is 664 g/mol. The summed E-state index contributed by atoms with van der Waals surface area (Å²) in [6.45, 7) is 6.24. The summed E-state index contributed by atoms with van der Waals surface area (Å²) in [5.41, 5.74) is 21.0. The largest absolute Gasteiger partial charge is 0.508 e. The number of guanidine groups is 1. The molecule has 262 valence electrons. The number of hydrogen-bond acceptors (Lipinski definition) is 10. The lowest BCUT2D eigenvalue weighted by molar-refractivity contribution is -0.133. The molecule has 0 saturated heterocycles. The number of benzene rings is 2. The molecule has 2 amide bonds. The van der Waals surface area contributed by atoms with Crippen molar-refractivity contribution in [2.75, 3.05) is 26.2 Å². The topological polar surface area (TPSA) is 215 Å². The number of hydrogen-bond donors (Lipinski definition) is 7. The van der Waals surface area contributed by atoms with Crippen LogP contribution in [0.25, 0.3) is 0 Å². The number of Topliss-reactive ketones (excluding diaryl/α,β-unsaturated/α-hetero) is 2. The van der Waals surface area contributed by atoms with Crippen LogP contribution in [0.5, 0.6) is 5.75 Å². The van der Waals surface area contributed by atoms with Crippen LogP contribution in [-0.2, 0) is 32.0 Å². The molecule has 2 aromatic carbocycles. The molecule has 12 heteroatoms. The second-order valence-corrected chi connectivity index (χ2v) is 12.8. The maximum Gasteiger partial charge on any atom is 0.224 e. The number of nitrogens with zero attached hydrogens (tertiary/aromatic N) is 1. The molecule has 1 aliphatic heterocycles. The summed E-state index contributed by atoms with van der Waals surface area (Å²) >= 11 is 0. The van der Waals surface area contributed by atoms with Crippen molar-refractivity contribution >= 4 is 29.3 Å². The summed E-state index contributed by atoms with van der Waals surface area (Å²) in [6.07, 6.45) is 2.94. The molecule has 0 radical (unpaired) electrons. The van der Waals surface area contributed by atoms with Gasteiger partial charge in [0.2, 0.25) is 11.8 Å². The Balaban J connectivity index is 1.76. The van der Waals surface area contributed by atoms with Gasteiger partial charge in [0.25, 0.3) is 0 Å². The quantitative estimate of drug-likeness (QED) is 0.0967. The van der Waals surface area contributed by atoms with Gasteiger partial charge in [-0.05, 0) is 99.7 Å². The molecule has 0 unspecified atom stereocenters. The molecule has 12 nitrogen and oxygen atoms in total. The van der Waals surface area contributed by atoms with E-state index in [2.05, 4.69) is 20.9 Å². The standard InChI is InChI=1S/C36H53N7O5/c1-23-17-28(44)18-24(2)29(23)20-27(22-32(45)30(38)11-8-14-40-36-41-15-16-42-36)35(48)43-31(12-6-7-13-37)33(46)21-26(34(39)47)19-25-9-4-3-5-10-25/h3-5,9-10,17-18,26-27,30-31,44H,6-8,11-16,19-22,37-38H2,1-2H3,(H2,39,47)(H,43,48)(H2,40,41,42)/t26-,27-,30-,31+/m1/s1. The van der Waals surface area contributed by atoms with Gasteiger partial charge in [-0.15, -0.1) is 0 Å². The first-order valence-electron chi connectivity index (χ1n) is 16.9. The van der Waals surface area contributed by atoms with E-state index in [-0.39, 0.29) is 36.6 Å². The zero-order valence-electron chi connectivity index (χ0n) is 28.3. The summed E-state index contributed by atoms with van der Waals surface area (Å²) in [5, 5.41) is 19.3. The lowest BCUT2D eigenvalue weighted by Crippen LogP contribution is -2.46. The molecule has 1 heterocycles. The Kier molecular flexibility index (Phi) is 15.5. The smallest absolute Gasteiger partial charge is 0.224 e. The van der Waals surface area contributed by atoms with Gasteiger partial charge < -0.3 is 38.3 Å². The van der Waals surface area contributed by atoms with E-state index in [1.54, 1.807) is 12.1 Å². The van der Waals surface area contributed by atoms with E-state index in [9.17, 15) is 24.3 Å². The third-order valence-electron chi connectivity index (χ3n) is 8.85. The minimum atomic E-state index is -0.881. The molecule has 0 spiro atoms. The maximum atomic E-state index is 14.0. The van der Waals surface area contributed by atoms with E-state index < -0.39 is 35.7 Å². The first-order chi connectivity index (χ1) is 23.0. The fourth-order valence-corrected chi connectivity index (χ4v) is 6.05. The summed E-state index contributed by atoms with van der Waals surface area (Å²) in [6, 6.07) is 10.9. The van der Waals surface area contributed by atoms with Gasteiger partial charge in [0.05, 0.1) is 18.6 Å². The summed E-state index contributed by atoms with van der Waals surface area (Å²) in [5.74, 6) is -2.28. The number of nitrogens with two attached hydrogens (primary N) is 3. The molecule has 0 aromatic heterocycles. The minimum Gasteiger partial charge on any atom is -0.508 e. The number of aryl methyl sites for hydroxylation is 2. The third-order valence-corrected chi connectivity index (χ3v) is 8.85. The van der Waals surface area contributed by atoms with Crippen molar-refractivity contribution in [2.45, 2.75) is 83.7 Å². The van der Waals surface area contributed by atoms with Gasteiger partial charge >= 0.3 is 0 Å². The predicted molar refractivity (Wildman–Crippen MR) is 187 cm³/mol. The van der Waals surface area contributed by atoms with Crippen LogP contribution in [0.4, 0.5) is 0 Å². The van der Waals surface area contributed by atoms with Crippen LogP contribution < -0.4 is 33.2 Å². The van der Waals surface area contributed by atoms with Gasteiger partial charge in [0, 0.05) is 37.8 Å². The number of rotatable bonds is 21. The van der Waals surface area contributed by atoms with E-state index in [4.69, 9.17) is 17.2 Å². The number of primary amides is 1. The molecule has 0 fully saturated rings. The monoisotopic (exact) mass is 663 g/mol. The number of aromatic hydroxyl groups is 1. The second kappa shape index (κ2) is 19.5. The van der Waals surface area contributed by atoms with Gasteiger partial charge in [0.15, 0.2) is 11.7 Å². The van der Waals surface area contributed by atoms with E-state index in [0.717, 1.165) is 41.3 Å². The zero-order chi connectivity index (χ0) is 35.1. The molecule has 0 saturated carbocycles. The molecule has 48 heavy (non-hydrogen) atoms. The van der Waals surface area contributed by atoms with Crippen molar-refractivity contribution in [1.82, 2.24) is 16.0 Å². The number of phenolic OH excluding ortho intramolecular Hbond substituents is 1. The number of carbonyl (C=O) groups excluding carboxylic acids is 4. The maximum absolute atomic E-state index is 14.0. The Hall–Kier alpha value is -4.29. The van der Waals surface area contributed by atoms with Gasteiger partial charge in [-0.25, -0.2) is 0 Å². The van der Waals surface area contributed by atoms with E-state index in [0.29, 0.717) is 51.6 Å². The molecule has 3 rings (SSSR count). The van der Waals surface area contributed by atoms with Crippen molar-refractivity contribution < 1.29 is 24.3 Å². The van der Waals surface area contributed by atoms with Crippen LogP contribution in [0.1, 0.15) is 67.2 Å². The first kappa shape index (κ1) is 38.2. The highest BCUT2D eigenvalue weighted by molar-refractivity contribution is 5.94. The SMILES string of the molecule is Cc1cc(O)cc(C)c1C[C@H](CC(=O)[C@H](N)CCCNC1=NCCN1)C(=O)N[C@@H](CCCCN)C(=O)C[C@@H](Cc1ccccc1)C(N)=O. The number of amides is 2. The number of ketones is 2. The molecule has 2 aromatic rings. The lowest BCUT2D eigenvalue weighted by Gasteiger charge is -2.25. The van der Waals surface area contributed by atoms with Crippen molar-refractivity contribution in [1.29, 1.82) is 0 Å². The summed E-state index contributed by atoms with van der Waals surface area (Å²) in [4.78, 5) is 57.8. The third kappa shape index (κ3) is 12.4. The Bertz CT molecular complexity index is 1390. The van der Waals surface area contributed by atoms with Crippen LogP contribution in [0.3, 0.4) is 0 Å². The Morgan fingerprint density at radius 3 is 2.25 bits per heavy atom. The van der Waals surface area contributed by atoms with E-state index >= 15 is 0 Å². The Morgan fingerprint density at radius 2 is 1.62 bits per heavy atom. The highest BCUT2D eigenvalue weighted by atomic mass is 16.3. The first-order valence-corrected chi connectivity index (χ1v) is 16.9. The van der Waals surface area contributed by atoms with E-state index in [1.165, 1.54) is 0 Å². The number of phenols is 1. The number of aliphatic imine (C=N–C) groups is 1. The van der Waals surface area contributed by atoms with Crippen molar-refractivity contribution in [3.05, 3.63) is 64.7 Å². The predicted octanol–water partition coefficient (Wildman–Crippen LogP) is 1.70. The normalized spacial score (nSPS) is 15.0. The van der Waals surface area contributed by atoms with E-state index in [1.807, 2.05) is 44.2 Å². The van der Waals surface area contributed by atoms with Crippen molar-refractivity contribution in [3.63, 3.8) is 0 Å². The van der Waals surface area contributed by atoms with Crippen LogP contribution >= 0.6 is 0 Å². The molecule has 10 N–H and O–H groups in total. The van der Waals surface area contributed by atoms with Crippen LogP contribution in [0.15, 0.2) is 47.5 Å². The number of carbonyl (C=O) groups is 4. The van der Waals surface area contributed by atoms with Crippen LogP contribution in [0.2, 0.25) is 0 Å². The minimum absolute atomic E-state index is 0.115. The second-order valence-electron chi connectivity index (χ2n) is 12.8. The number of nitrogens with one attached hydrogen (secondary N) is 3. The fourth-order valence-electron chi connectivity index (χ4n) is 6.05. The van der Waals surface area contributed by atoms with Crippen molar-refractivity contribution in [2.24, 2.45) is 34.0 Å². The van der Waals surface area contributed by atoms with Gasteiger partial charge in [-0.3, -0.25) is 24.2 Å². The molecular weight excluding hydrogens is 610 g/mol. The summed E-state index contributed by atoms with van der Waals surface area (Å²) < 4.78 is 0. The fraction of sp³-hybridized carbons (Fsp3) is 0.528. The molecule has 0 aliphatic carbocycles. The average Bonchev–Trinajstić information content (AvgIpc) is 3.57. The highest BCUT2D eigenvalue weighted by Gasteiger charge is 2.31. The van der Waals surface area contributed by atoms with Gasteiger partial charge in [-0.2, -0.15) is 0 Å². The lowest BCUT2D eigenvalue weighted by atomic mass is 9.86. The molecule has 1 aliphatic rings. The highest BCUT2D eigenvalue weighted by Crippen LogP contribution is 2.26. The van der Waals surface area contributed by atoms with Crippen molar-refractivity contribution in [3.8, 4) is 5.75 Å². The molecule has 4 atom stereocenters. The summed E-state index contributed by atoms with van der Waals surface area (Å²) in [7, 11) is 0. The van der Waals surface area contributed by atoms with Crippen LogP contribution in [0, 0.1) is 25.7 Å². The van der Waals surface area contributed by atoms with Gasteiger partial charge in [0.1, 0.15) is 11.5 Å². The Morgan fingerprint density at radius 1 is 0.938 bits per heavy atom.